The summed E-state index contributed by atoms with van der Waals surface area (Å²) in [4.78, 5) is 4.60. The lowest BCUT2D eigenvalue weighted by Gasteiger charge is -2.15. The minimum atomic E-state index is -0.238. The quantitative estimate of drug-likeness (QED) is 0.903. The summed E-state index contributed by atoms with van der Waals surface area (Å²) in [5, 5.41) is 5.12. The molecule has 0 unspecified atom stereocenters. The molecule has 2 aromatic rings. The third-order valence-electron chi connectivity index (χ3n) is 3.38. The average molecular weight is 313 g/mol. The maximum absolute atomic E-state index is 12.9. The van der Waals surface area contributed by atoms with Gasteiger partial charge >= 0.3 is 0 Å². The largest absolute Gasteiger partial charge is 0.255 e. The lowest BCUT2D eigenvalue weighted by atomic mass is 10.1. The van der Waals surface area contributed by atoms with Crippen molar-refractivity contribution in [1.82, 2.24) is 5.43 Å². The molecule has 1 N–H and O–H groups in total. The number of aryl methyl sites for hydroxylation is 2. The number of hydrazone groups is 1. The number of benzene rings is 2. The van der Waals surface area contributed by atoms with Gasteiger partial charge in [0.2, 0.25) is 0 Å². The Balaban J connectivity index is 1.77. The Hall–Kier alpha value is -2.14. The summed E-state index contributed by atoms with van der Waals surface area (Å²) in [6.45, 7) is 4.11. The maximum Gasteiger partial charge on any atom is 0.182 e. The summed E-state index contributed by atoms with van der Waals surface area (Å²) in [6.07, 6.45) is 0. The normalized spacial score (nSPS) is 16.3. The molecule has 3 rings (SSSR count). The van der Waals surface area contributed by atoms with Crippen molar-refractivity contribution < 1.29 is 4.39 Å². The lowest BCUT2D eigenvalue weighted by molar-refractivity contribution is 0.628. The zero-order valence-electron chi connectivity index (χ0n) is 12.4. The smallest absolute Gasteiger partial charge is 0.182 e. The topological polar surface area (TPSA) is 36.8 Å². The minimum absolute atomic E-state index is 0.238. The van der Waals surface area contributed by atoms with E-state index in [0.29, 0.717) is 5.75 Å². The summed E-state index contributed by atoms with van der Waals surface area (Å²) in [6, 6.07) is 12.5. The zero-order valence-corrected chi connectivity index (χ0v) is 13.2. The van der Waals surface area contributed by atoms with E-state index < -0.39 is 0 Å². The van der Waals surface area contributed by atoms with E-state index in [4.69, 9.17) is 0 Å². The number of hydrogen-bond acceptors (Lipinski definition) is 3. The van der Waals surface area contributed by atoms with Gasteiger partial charge in [-0.05, 0) is 43.2 Å². The molecule has 0 bridgehead atoms. The van der Waals surface area contributed by atoms with Crippen LogP contribution in [0.5, 0.6) is 0 Å². The molecule has 5 heteroatoms. The lowest BCUT2D eigenvalue weighted by Crippen LogP contribution is -2.25. The van der Waals surface area contributed by atoms with E-state index in [2.05, 4.69) is 28.5 Å². The number of amidine groups is 1. The highest BCUT2D eigenvalue weighted by atomic mass is 32.2. The molecule has 22 heavy (non-hydrogen) atoms. The van der Waals surface area contributed by atoms with Gasteiger partial charge in [0, 0.05) is 5.75 Å². The maximum atomic E-state index is 12.9. The number of hydrogen-bond donors (Lipinski definition) is 1. The van der Waals surface area contributed by atoms with Crippen molar-refractivity contribution in [1.29, 1.82) is 0 Å². The average Bonchev–Trinajstić information content (AvgIpc) is 2.52. The second kappa shape index (κ2) is 6.32. The van der Waals surface area contributed by atoms with E-state index in [1.807, 2.05) is 19.1 Å². The van der Waals surface area contributed by atoms with Gasteiger partial charge in [-0.15, -0.1) is 0 Å². The third kappa shape index (κ3) is 3.36. The Morgan fingerprint density at radius 3 is 2.55 bits per heavy atom. The predicted octanol–water partition coefficient (Wildman–Crippen LogP) is 4.17. The Kier molecular flexibility index (Phi) is 4.24. The second-order valence-corrected chi connectivity index (χ2v) is 6.14. The molecule has 3 nitrogen and oxygen atoms in total. The molecule has 1 aliphatic rings. The van der Waals surface area contributed by atoms with Crippen LogP contribution in [0, 0.1) is 19.7 Å². The van der Waals surface area contributed by atoms with Crippen molar-refractivity contribution in [3.63, 3.8) is 0 Å². The van der Waals surface area contributed by atoms with Crippen LogP contribution in [0.3, 0.4) is 0 Å². The summed E-state index contributed by atoms with van der Waals surface area (Å²) in [5.74, 6) is 0.473. The second-order valence-electron chi connectivity index (χ2n) is 5.17. The molecule has 1 aliphatic heterocycles. The molecule has 0 saturated carbocycles. The molecule has 112 valence electrons. The van der Waals surface area contributed by atoms with Gasteiger partial charge in [-0.1, -0.05) is 41.6 Å². The molecular weight excluding hydrogens is 297 g/mol. The van der Waals surface area contributed by atoms with Gasteiger partial charge < -0.3 is 0 Å². The fourth-order valence-corrected chi connectivity index (χ4v) is 2.98. The van der Waals surface area contributed by atoms with Crippen molar-refractivity contribution in [3.05, 3.63) is 65.0 Å². The van der Waals surface area contributed by atoms with Gasteiger partial charge in [0.25, 0.3) is 0 Å². The highest BCUT2D eigenvalue weighted by molar-refractivity contribution is 8.14. The van der Waals surface area contributed by atoms with E-state index in [1.165, 1.54) is 17.7 Å². The molecule has 2 aromatic carbocycles. The van der Waals surface area contributed by atoms with Gasteiger partial charge in [0.05, 0.1) is 11.4 Å². The third-order valence-corrected chi connectivity index (χ3v) is 4.26. The van der Waals surface area contributed by atoms with Gasteiger partial charge in [0.15, 0.2) is 5.17 Å². The van der Waals surface area contributed by atoms with Crippen molar-refractivity contribution in [2.75, 3.05) is 5.75 Å². The Labute approximate surface area is 133 Å². The van der Waals surface area contributed by atoms with Crippen molar-refractivity contribution in [2.24, 2.45) is 10.1 Å². The van der Waals surface area contributed by atoms with Crippen LogP contribution in [-0.4, -0.2) is 16.6 Å². The number of nitrogens with zero attached hydrogens (tertiary/aromatic N) is 2. The summed E-state index contributed by atoms with van der Waals surface area (Å²) >= 11 is 1.59. The van der Waals surface area contributed by atoms with Crippen molar-refractivity contribution in [3.8, 4) is 0 Å². The van der Waals surface area contributed by atoms with E-state index in [-0.39, 0.29) is 5.82 Å². The Morgan fingerprint density at radius 1 is 1.14 bits per heavy atom. The summed E-state index contributed by atoms with van der Waals surface area (Å²) in [5.41, 5.74) is 8.11. The van der Waals surface area contributed by atoms with Crippen LogP contribution in [0.1, 0.15) is 16.7 Å². The van der Waals surface area contributed by atoms with Crippen molar-refractivity contribution >= 4 is 28.3 Å². The number of thioether (sulfide) groups is 1. The number of aliphatic imine (C=N–C) groups is 1. The van der Waals surface area contributed by atoms with Gasteiger partial charge in [-0.2, -0.15) is 5.10 Å². The van der Waals surface area contributed by atoms with Crippen LogP contribution < -0.4 is 5.43 Å². The molecule has 0 atom stereocenters. The van der Waals surface area contributed by atoms with Crippen LogP contribution in [0.4, 0.5) is 10.1 Å². The van der Waals surface area contributed by atoms with Crippen LogP contribution >= 0.6 is 11.8 Å². The first kappa shape index (κ1) is 14.8. The molecule has 0 aromatic heterocycles. The number of nitrogens with one attached hydrogen (secondary N) is 1. The molecular formula is C17H16FN3S. The molecule has 0 spiro atoms. The van der Waals surface area contributed by atoms with E-state index in [9.17, 15) is 4.39 Å². The van der Waals surface area contributed by atoms with Crippen molar-refractivity contribution in [2.45, 2.75) is 13.8 Å². The van der Waals surface area contributed by atoms with Crippen LogP contribution in [0.2, 0.25) is 0 Å². The Bertz CT molecular complexity index is 751. The van der Waals surface area contributed by atoms with E-state index in [0.717, 1.165) is 27.7 Å². The van der Waals surface area contributed by atoms with Gasteiger partial charge in [-0.25, -0.2) is 9.38 Å². The fourth-order valence-electron chi connectivity index (χ4n) is 2.20. The molecule has 1 heterocycles. The number of rotatable bonds is 2. The predicted molar refractivity (Wildman–Crippen MR) is 91.5 cm³/mol. The monoisotopic (exact) mass is 313 g/mol. The van der Waals surface area contributed by atoms with Crippen LogP contribution in [0.15, 0.2) is 52.6 Å². The Morgan fingerprint density at radius 2 is 1.91 bits per heavy atom. The summed E-state index contributed by atoms with van der Waals surface area (Å²) < 4.78 is 12.9. The van der Waals surface area contributed by atoms with Crippen LogP contribution in [0.25, 0.3) is 0 Å². The SMILES string of the molecule is Cc1ccc(N=C2NN=C(c3ccc(F)cc3)CS2)c(C)c1. The molecule has 0 saturated heterocycles. The first-order valence-corrected chi connectivity index (χ1v) is 7.97. The highest BCUT2D eigenvalue weighted by Crippen LogP contribution is 2.22. The zero-order chi connectivity index (χ0) is 15.5. The molecule has 0 fully saturated rings. The van der Waals surface area contributed by atoms with Crippen LogP contribution in [-0.2, 0) is 0 Å². The minimum Gasteiger partial charge on any atom is -0.255 e. The highest BCUT2D eigenvalue weighted by Gasteiger charge is 2.13. The fraction of sp³-hybridized carbons (Fsp3) is 0.176. The van der Waals surface area contributed by atoms with Gasteiger partial charge in [0.1, 0.15) is 5.82 Å². The first-order valence-electron chi connectivity index (χ1n) is 6.99. The molecule has 0 radical (unpaired) electrons. The summed E-state index contributed by atoms with van der Waals surface area (Å²) in [7, 11) is 0. The number of halogens is 1. The first-order chi connectivity index (χ1) is 10.6. The molecule has 0 amide bonds. The van der Waals surface area contributed by atoms with Gasteiger partial charge in [-0.3, -0.25) is 5.43 Å². The molecule has 0 aliphatic carbocycles. The standard InChI is InChI=1S/C17H16FN3S/c1-11-3-8-15(12(2)9-11)19-17-21-20-16(10-22-17)13-4-6-14(18)7-5-13/h3-9H,10H2,1-2H3,(H,19,21). The van der Waals surface area contributed by atoms with E-state index >= 15 is 0 Å². The van der Waals surface area contributed by atoms with E-state index in [1.54, 1.807) is 23.9 Å².